The van der Waals surface area contributed by atoms with Crippen LogP contribution in [0.4, 0.5) is 0 Å². The molecule has 2 atom stereocenters. The molecule has 0 fully saturated rings. The van der Waals surface area contributed by atoms with Gasteiger partial charge in [0.1, 0.15) is 6.61 Å². The van der Waals surface area contributed by atoms with Gasteiger partial charge in [0.05, 0.1) is 34.4 Å². The predicted octanol–water partition coefficient (Wildman–Crippen LogP) is 13.1. The van der Waals surface area contributed by atoms with E-state index in [9.17, 15) is 19.5 Å². The molecular weight excluding hydrogens is 751 g/mol. The predicted molar refractivity (Wildman–Crippen MR) is 252 cm³/mol. The first-order valence-corrected chi connectivity index (χ1v) is 23.3. The van der Waals surface area contributed by atoms with E-state index in [1.807, 2.05) is 21.1 Å². The van der Waals surface area contributed by atoms with Gasteiger partial charge in [-0.25, -0.2) is 4.79 Å². The summed E-state index contributed by atoms with van der Waals surface area (Å²) in [6, 6.07) is -0.630. The van der Waals surface area contributed by atoms with E-state index in [1.165, 1.54) is 32.1 Å². The largest absolute Gasteiger partial charge is 0.477 e. The highest BCUT2D eigenvalue weighted by atomic mass is 16.6. The maximum Gasteiger partial charge on any atom is 0.362 e. The van der Waals surface area contributed by atoms with E-state index in [4.69, 9.17) is 14.2 Å². The zero-order chi connectivity index (χ0) is 44.2. The molecule has 0 bridgehead atoms. The molecule has 0 aliphatic heterocycles. The van der Waals surface area contributed by atoms with Crippen LogP contribution in [-0.4, -0.2) is 80.6 Å². The Labute approximate surface area is 366 Å². The normalized spacial score (nSPS) is 13.8. The molecule has 340 valence electrons. The van der Waals surface area contributed by atoms with E-state index in [-0.39, 0.29) is 42.7 Å². The second-order valence-electron chi connectivity index (χ2n) is 16.3. The van der Waals surface area contributed by atoms with Crippen LogP contribution >= 0.6 is 0 Å². The van der Waals surface area contributed by atoms with E-state index in [0.29, 0.717) is 19.3 Å². The number of rotatable bonds is 40. The van der Waals surface area contributed by atoms with Crippen LogP contribution in [-0.2, 0) is 28.6 Å². The third-order valence-corrected chi connectivity index (χ3v) is 9.75. The summed E-state index contributed by atoms with van der Waals surface area (Å²) < 4.78 is 17.2. The van der Waals surface area contributed by atoms with Gasteiger partial charge in [0.25, 0.3) is 0 Å². The number of aliphatic carboxylic acids is 1. The SMILES string of the molecule is CC/C=C/C/C=C/C/C=C/C/C=C/C/C=C/C/C=C/CCCCC(=O)OC(COCCC(C(=O)O)[N+](C)(C)C)COC(=O)CCCCCCCC/C=C/C=C/CCCCC. The Morgan fingerprint density at radius 2 is 0.983 bits per heavy atom. The molecule has 0 saturated heterocycles. The van der Waals surface area contributed by atoms with Crippen LogP contribution in [0.2, 0.25) is 0 Å². The first-order valence-electron chi connectivity index (χ1n) is 23.3. The summed E-state index contributed by atoms with van der Waals surface area (Å²) in [5, 5.41) is 9.63. The lowest BCUT2D eigenvalue weighted by molar-refractivity contribution is -0.887. The van der Waals surface area contributed by atoms with Gasteiger partial charge in [-0.05, 0) is 89.9 Å². The van der Waals surface area contributed by atoms with Gasteiger partial charge in [0.15, 0.2) is 12.1 Å². The summed E-state index contributed by atoms with van der Waals surface area (Å²) in [7, 11) is 5.50. The molecule has 0 saturated carbocycles. The number of allylic oxidation sites excluding steroid dienone is 16. The molecule has 0 heterocycles. The zero-order valence-electron chi connectivity index (χ0n) is 38.6. The van der Waals surface area contributed by atoms with Crippen molar-refractivity contribution in [1.82, 2.24) is 0 Å². The van der Waals surface area contributed by atoms with E-state index in [2.05, 4.69) is 111 Å². The number of likely N-dealkylation sites (N-methyl/N-ethyl adjacent to an activating group) is 1. The lowest BCUT2D eigenvalue weighted by Gasteiger charge is -2.31. The number of ether oxygens (including phenoxy) is 3. The molecule has 0 amide bonds. The Morgan fingerprint density at radius 1 is 0.533 bits per heavy atom. The van der Waals surface area contributed by atoms with Gasteiger partial charge in [-0.3, -0.25) is 9.59 Å². The van der Waals surface area contributed by atoms with Crippen molar-refractivity contribution in [2.75, 3.05) is 41.0 Å². The van der Waals surface area contributed by atoms with Crippen molar-refractivity contribution in [3.05, 3.63) is 97.2 Å². The summed E-state index contributed by atoms with van der Waals surface area (Å²) in [6.45, 7) is 4.51. The van der Waals surface area contributed by atoms with Crippen LogP contribution in [0.15, 0.2) is 97.2 Å². The molecule has 1 N–H and O–H groups in total. The molecule has 0 aromatic heterocycles. The molecule has 0 rings (SSSR count). The summed E-state index contributed by atoms with van der Waals surface area (Å²) in [5.74, 6) is -1.55. The van der Waals surface area contributed by atoms with Gasteiger partial charge in [-0.15, -0.1) is 0 Å². The van der Waals surface area contributed by atoms with Crippen molar-refractivity contribution >= 4 is 17.9 Å². The van der Waals surface area contributed by atoms with Crippen molar-refractivity contribution in [3.63, 3.8) is 0 Å². The minimum Gasteiger partial charge on any atom is -0.477 e. The molecule has 0 aromatic rings. The van der Waals surface area contributed by atoms with Crippen LogP contribution in [0.1, 0.15) is 162 Å². The zero-order valence-corrected chi connectivity index (χ0v) is 38.6. The number of unbranched alkanes of at least 4 members (excludes halogenated alkanes) is 11. The Kier molecular flexibility index (Phi) is 39.3. The van der Waals surface area contributed by atoms with Gasteiger partial charge in [-0.1, -0.05) is 150 Å². The highest BCUT2D eigenvalue weighted by Gasteiger charge is 2.31. The molecule has 8 nitrogen and oxygen atoms in total. The lowest BCUT2D eigenvalue weighted by Crippen LogP contribution is -2.50. The van der Waals surface area contributed by atoms with E-state index >= 15 is 0 Å². The number of nitrogens with zero attached hydrogens (tertiary/aromatic N) is 1. The third kappa shape index (κ3) is 39.7. The molecular formula is C52H86NO7+. The van der Waals surface area contributed by atoms with Gasteiger partial charge in [-0.2, -0.15) is 0 Å². The van der Waals surface area contributed by atoms with E-state index in [0.717, 1.165) is 89.9 Å². The minimum absolute atomic E-state index is 0.0332. The number of carbonyl (C=O) groups excluding carboxylic acids is 2. The smallest absolute Gasteiger partial charge is 0.362 e. The Morgan fingerprint density at radius 3 is 1.52 bits per heavy atom. The summed E-state index contributed by atoms with van der Waals surface area (Å²) >= 11 is 0. The fourth-order valence-corrected chi connectivity index (χ4v) is 6.14. The van der Waals surface area contributed by atoms with Gasteiger partial charge >= 0.3 is 17.9 Å². The fraction of sp³-hybridized carbons (Fsp3) is 0.635. The number of esters is 2. The monoisotopic (exact) mass is 837 g/mol. The first kappa shape index (κ1) is 56.2. The summed E-state index contributed by atoms with van der Waals surface area (Å²) in [4.78, 5) is 37.0. The van der Waals surface area contributed by atoms with Crippen LogP contribution < -0.4 is 0 Å². The molecule has 0 radical (unpaired) electrons. The van der Waals surface area contributed by atoms with Gasteiger partial charge in [0.2, 0.25) is 0 Å². The van der Waals surface area contributed by atoms with Crippen molar-refractivity contribution < 1.29 is 38.2 Å². The van der Waals surface area contributed by atoms with Crippen LogP contribution in [0.25, 0.3) is 0 Å². The Balaban J connectivity index is 4.45. The van der Waals surface area contributed by atoms with Gasteiger partial charge < -0.3 is 23.8 Å². The summed E-state index contributed by atoms with van der Waals surface area (Å²) in [5.41, 5.74) is 0. The first-order chi connectivity index (χ1) is 29.1. The highest BCUT2D eigenvalue weighted by Crippen LogP contribution is 2.12. The highest BCUT2D eigenvalue weighted by molar-refractivity contribution is 5.72. The molecule has 0 spiro atoms. The topological polar surface area (TPSA) is 99.1 Å². The molecule has 0 aliphatic rings. The molecule has 0 aliphatic carbocycles. The van der Waals surface area contributed by atoms with Crippen LogP contribution in [0, 0.1) is 0 Å². The number of carboxylic acid groups (broad SMARTS) is 1. The van der Waals surface area contributed by atoms with Crippen molar-refractivity contribution in [2.45, 2.75) is 174 Å². The van der Waals surface area contributed by atoms with Crippen molar-refractivity contribution in [2.24, 2.45) is 0 Å². The maximum atomic E-state index is 12.7. The third-order valence-electron chi connectivity index (χ3n) is 9.75. The molecule has 60 heavy (non-hydrogen) atoms. The second-order valence-corrected chi connectivity index (χ2v) is 16.3. The van der Waals surface area contributed by atoms with E-state index in [1.54, 1.807) is 0 Å². The Bertz CT molecular complexity index is 1300. The average molecular weight is 837 g/mol. The number of carboxylic acids is 1. The van der Waals surface area contributed by atoms with Crippen molar-refractivity contribution in [3.8, 4) is 0 Å². The molecule has 8 heteroatoms. The van der Waals surface area contributed by atoms with Gasteiger partial charge in [0, 0.05) is 19.3 Å². The lowest BCUT2D eigenvalue weighted by atomic mass is 10.1. The number of quaternary nitrogens is 1. The Hall–Kier alpha value is -3.75. The average Bonchev–Trinajstić information content (AvgIpc) is 3.21. The number of hydrogen-bond donors (Lipinski definition) is 1. The summed E-state index contributed by atoms with van der Waals surface area (Å²) in [6.07, 6.45) is 55.9. The van der Waals surface area contributed by atoms with E-state index < -0.39 is 18.1 Å². The quantitative estimate of drug-likeness (QED) is 0.0216. The van der Waals surface area contributed by atoms with Crippen LogP contribution in [0.5, 0.6) is 0 Å². The molecule has 2 unspecified atom stereocenters. The second kappa shape index (κ2) is 42.0. The number of hydrogen-bond acceptors (Lipinski definition) is 6. The minimum atomic E-state index is -0.888. The van der Waals surface area contributed by atoms with Crippen LogP contribution in [0.3, 0.4) is 0 Å². The fourth-order valence-electron chi connectivity index (χ4n) is 6.14. The van der Waals surface area contributed by atoms with Crippen molar-refractivity contribution in [1.29, 1.82) is 0 Å². The standard InChI is InChI=1S/C52H85NO7/c1-6-8-10-12-14-16-18-20-22-23-24-25-26-27-29-31-33-35-37-39-41-43-51(55)60-48(46-58-45-44-49(52(56)57)53(3,4)5)47-59-50(54)42-40-38-36-34-32-30-28-21-19-17-15-13-11-9-7-2/h8,10,14-17,19-22,24-25,27,29,33,35,48-49H,6-7,9,11-13,18,23,26,28,30-32,34,36-47H2,1-5H3/p+1/b10-8+,16-14+,17-15+,21-19+,22-20+,25-24+,29-27+,35-33+. The maximum absolute atomic E-state index is 12.7. The number of carbonyl (C=O) groups is 3. The molecule has 0 aromatic carbocycles.